The number of nitrogens with two attached hydrogens (primary N) is 1. The van der Waals surface area contributed by atoms with Gasteiger partial charge < -0.3 is 5.73 Å². The van der Waals surface area contributed by atoms with Gasteiger partial charge in [-0.2, -0.15) is 0 Å². The van der Waals surface area contributed by atoms with Crippen LogP contribution < -0.4 is 5.73 Å². The lowest BCUT2D eigenvalue weighted by Crippen LogP contribution is -2.08. The molecule has 0 heterocycles. The molecule has 0 spiro atoms. The molecule has 0 radical (unpaired) electrons. The Morgan fingerprint density at radius 3 is 2.78 bits per heavy atom. The Hall–Kier alpha value is -0.790. The van der Waals surface area contributed by atoms with Gasteiger partial charge in [0, 0.05) is 18.5 Å². The third kappa shape index (κ3) is 1.56. The zero-order valence-corrected chi connectivity index (χ0v) is 5.72. The fraction of sp³-hybridized carbons (Fsp3) is 0.571. The van der Waals surface area contributed by atoms with E-state index in [1.54, 1.807) is 0 Å². The Kier molecular flexibility index (Phi) is 1.88. The molecule has 2 nitrogen and oxygen atoms in total. The van der Waals surface area contributed by atoms with Gasteiger partial charge in [-0.25, -0.2) is 0 Å². The largest absolute Gasteiger partial charge is 0.402 e. The maximum absolute atomic E-state index is 5.58. The fourth-order valence-electron chi connectivity index (χ4n) is 1.01. The molecule has 1 rings (SSSR count). The molecule has 0 bridgehead atoms. The van der Waals surface area contributed by atoms with Gasteiger partial charge in [0.05, 0.1) is 0 Å². The van der Waals surface area contributed by atoms with Crippen molar-refractivity contribution in [2.75, 3.05) is 7.05 Å². The molecule has 0 aromatic rings. The first kappa shape index (κ1) is 6.33. The maximum Gasteiger partial charge on any atom is 0.0362 e. The van der Waals surface area contributed by atoms with Gasteiger partial charge in [-0.15, -0.1) is 0 Å². The van der Waals surface area contributed by atoms with Crippen LogP contribution in [0.25, 0.3) is 0 Å². The third-order valence-corrected chi connectivity index (χ3v) is 1.54. The van der Waals surface area contributed by atoms with Crippen molar-refractivity contribution in [2.24, 2.45) is 10.7 Å². The smallest absolute Gasteiger partial charge is 0.0362 e. The summed E-state index contributed by atoms with van der Waals surface area (Å²) in [5.74, 6) is 0. The first-order valence-electron chi connectivity index (χ1n) is 3.24. The Morgan fingerprint density at radius 1 is 1.56 bits per heavy atom. The minimum Gasteiger partial charge on any atom is -0.402 e. The zero-order chi connectivity index (χ0) is 6.69. The van der Waals surface area contributed by atoms with Crippen LogP contribution in [0, 0.1) is 0 Å². The Bertz CT molecular complexity index is 156. The summed E-state index contributed by atoms with van der Waals surface area (Å²) in [5.41, 5.74) is 7.69. The zero-order valence-electron chi connectivity index (χ0n) is 5.72. The summed E-state index contributed by atoms with van der Waals surface area (Å²) in [6.45, 7) is 0. The van der Waals surface area contributed by atoms with E-state index in [1.165, 1.54) is 0 Å². The lowest BCUT2D eigenvalue weighted by molar-refractivity contribution is 0.825. The summed E-state index contributed by atoms with van der Waals surface area (Å²) in [4.78, 5) is 4.06. The van der Waals surface area contributed by atoms with Crippen LogP contribution in [0.4, 0.5) is 0 Å². The topological polar surface area (TPSA) is 38.4 Å². The number of rotatable bonds is 0. The molecular weight excluding hydrogens is 112 g/mol. The second kappa shape index (κ2) is 2.67. The molecule has 0 saturated carbocycles. The van der Waals surface area contributed by atoms with E-state index in [1.807, 2.05) is 13.1 Å². The van der Waals surface area contributed by atoms with E-state index in [0.29, 0.717) is 0 Å². The summed E-state index contributed by atoms with van der Waals surface area (Å²) in [7, 11) is 1.81. The molecule has 0 aromatic heterocycles. The molecule has 0 atom stereocenters. The number of aliphatic imine (C=N–C) groups is 1. The second-order valence-electron chi connectivity index (χ2n) is 2.29. The van der Waals surface area contributed by atoms with Crippen LogP contribution in [0.5, 0.6) is 0 Å². The van der Waals surface area contributed by atoms with Crippen LogP contribution in [-0.4, -0.2) is 12.8 Å². The summed E-state index contributed by atoms with van der Waals surface area (Å²) in [6, 6.07) is 0. The van der Waals surface area contributed by atoms with Gasteiger partial charge in [0.2, 0.25) is 0 Å². The molecule has 1 aliphatic carbocycles. The van der Waals surface area contributed by atoms with E-state index in [9.17, 15) is 0 Å². The number of allylic oxidation sites excluding steroid dienone is 2. The summed E-state index contributed by atoms with van der Waals surface area (Å²) in [5, 5.41) is 0. The van der Waals surface area contributed by atoms with Gasteiger partial charge in [-0.05, 0) is 25.3 Å². The van der Waals surface area contributed by atoms with Crippen molar-refractivity contribution in [1.29, 1.82) is 0 Å². The minimum atomic E-state index is 0.974. The molecule has 2 N–H and O–H groups in total. The quantitative estimate of drug-likeness (QED) is 0.515. The fourth-order valence-corrected chi connectivity index (χ4v) is 1.01. The van der Waals surface area contributed by atoms with E-state index < -0.39 is 0 Å². The van der Waals surface area contributed by atoms with Gasteiger partial charge in [-0.3, -0.25) is 4.99 Å². The number of hydrogen-bond donors (Lipinski definition) is 1. The normalized spacial score (nSPS) is 24.1. The lowest BCUT2D eigenvalue weighted by Gasteiger charge is -2.08. The van der Waals surface area contributed by atoms with Crippen LogP contribution >= 0.6 is 0 Å². The van der Waals surface area contributed by atoms with E-state index >= 15 is 0 Å². The van der Waals surface area contributed by atoms with Gasteiger partial charge in [0.15, 0.2) is 0 Å². The first-order valence-corrected chi connectivity index (χ1v) is 3.24. The average Bonchev–Trinajstić information content (AvgIpc) is 1.88. The summed E-state index contributed by atoms with van der Waals surface area (Å²) in [6.07, 6.45) is 5.27. The standard InChI is InChI=1S/C7H12N2/c1-9-7-4-2-3-6(8)5-7/h5H,2-4,8H2,1H3. The highest BCUT2D eigenvalue weighted by Crippen LogP contribution is 2.10. The van der Waals surface area contributed by atoms with E-state index in [-0.39, 0.29) is 0 Å². The first-order chi connectivity index (χ1) is 4.33. The minimum absolute atomic E-state index is 0.974. The molecule has 0 saturated heterocycles. The molecule has 0 unspecified atom stereocenters. The predicted molar refractivity (Wildman–Crippen MR) is 39.5 cm³/mol. The number of nitrogens with zero attached hydrogens (tertiary/aromatic N) is 1. The number of hydrogen-bond acceptors (Lipinski definition) is 2. The van der Waals surface area contributed by atoms with E-state index in [4.69, 9.17) is 5.73 Å². The molecule has 0 aromatic carbocycles. The van der Waals surface area contributed by atoms with Crippen molar-refractivity contribution in [3.8, 4) is 0 Å². The molecule has 0 fully saturated rings. The summed E-state index contributed by atoms with van der Waals surface area (Å²) >= 11 is 0. The van der Waals surface area contributed by atoms with E-state index in [0.717, 1.165) is 30.7 Å². The van der Waals surface area contributed by atoms with Crippen molar-refractivity contribution < 1.29 is 0 Å². The maximum atomic E-state index is 5.58. The SMILES string of the molecule is CN=C1C=C(N)CCC1. The Balaban J connectivity index is 2.68. The van der Waals surface area contributed by atoms with Gasteiger partial charge in [-0.1, -0.05) is 0 Å². The second-order valence-corrected chi connectivity index (χ2v) is 2.29. The average molecular weight is 124 g/mol. The van der Waals surface area contributed by atoms with Crippen LogP contribution in [0.2, 0.25) is 0 Å². The van der Waals surface area contributed by atoms with Gasteiger partial charge >= 0.3 is 0 Å². The molecule has 2 heteroatoms. The molecular formula is C7H12N2. The highest BCUT2D eigenvalue weighted by Gasteiger charge is 2.03. The van der Waals surface area contributed by atoms with Crippen molar-refractivity contribution in [3.63, 3.8) is 0 Å². The van der Waals surface area contributed by atoms with Crippen molar-refractivity contribution in [3.05, 3.63) is 11.8 Å². The predicted octanol–water partition coefficient (Wildman–Crippen LogP) is 1.08. The van der Waals surface area contributed by atoms with Crippen LogP contribution in [0.1, 0.15) is 19.3 Å². The van der Waals surface area contributed by atoms with Crippen LogP contribution in [-0.2, 0) is 0 Å². The molecule has 0 amide bonds. The molecule has 9 heavy (non-hydrogen) atoms. The van der Waals surface area contributed by atoms with Crippen molar-refractivity contribution >= 4 is 5.71 Å². The highest BCUT2D eigenvalue weighted by atomic mass is 14.7. The molecule has 1 aliphatic rings. The van der Waals surface area contributed by atoms with E-state index in [2.05, 4.69) is 4.99 Å². The highest BCUT2D eigenvalue weighted by molar-refractivity contribution is 5.96. The van der Waals surface area contributed by atoms with Crippen molar-refractivity contribution in [1.82, 2.24) is 0 Å². The van der Waals surface area contributed by atoms with Crippen LogP contribution in [0.3, 0.4) is 0 Å². The molecule has 50 valence electrons. The van der Waals surface area contributed by atoms with Gasteiger partial charge in [0.1, 0.15) is 0 Å². The lowest BCUT2D eigenvalue weighted by atomic mass is 10.0. The Labute approximate surface area is 55.5 Å². The van der Waals surface area contributed by atoms with Crippen molar-refractivity contribution in [2.45, 2.75) is 19.3 Å². The third-order valence-electron chi connectivity index (χ3n) is 1.54. The van der Waals surface area contributed by atoms with Gasteiger partial charge in [0.25, 0.3) is 0 Å². The summed E-state index contributed by atoms with van der Waals surface area (Å²) < 4.78 is 0. The Morgan fingerprint density at radius 2 is 2.33 bits per heavy atom. The van der Waals surface area contributed by atoms with Crippen LogP contribution in [0.15, 0.2) is 16.8 Å². The molecule has 0 aliphatic heterocycles. The monoisotopic (exact) mass is 124 g/mol.